The molecule has 2 amide bonds. The van der Waals surface area contributed by atoms with Gasteiger partial charge in [0.1, 0.15) is 23.7 Å². The zero-order chi connectivity index (χ0) is 39.9. The SMILES string of the molecule is C[n+]1cc(-c2ccc3c(c2)CC[C@H]([C@](C)(O/N=C(\C(=O)N[C@@H]2C(=O)N(OS(=O)(=O)O)C2(C)C)c2csc(N)n2)C(=O)O)O3)cnc1N(CCN)CC1CNC1. The summed E-state index contributed by atoms with van der Waals surface area (Å²) in [6.07, 6.45) is 3.39. The van der Waals surface area contributed by atoms with E-state index < -0.39 is 57.2 Å². The van der Waals surface area contributed by atoms with Crippen molar-refractivity contribution in [2.75, 3.05) is 43.4 Å². The van der Waals surface area contributed by atoms with Crippen LogP contribution in [0.5, 0.6) is 5.75 Å². The van der Waals surface area contributed by atoms with Crippen LogP contribution in [0.2, 0.25) is 0 Å². The highest BCUT2D eigenvalue weighted by Gasteiger charge is 2.58. The molecule has 22 heteroatoms. The largest absolute Gasteiger partial charge is 0.485 e. The number of hydroxylamine groups is 2. The molecule has 55 heavy (non-hydrogen) atoms. The minimum Gasteiger partial charge on any atom is -0.485 e. The monoisotopic (exact) mass is 803 g/mol. The van der Waals surface area contributed by atoms with Gasteiger partial charge in [0, 0.05) is 36.5 Å². The number of carboxylic acid groups (broad SMARTS) is 1. The Hall–Kier alpha value is -5.00. The first-order chi connectivity index (χ1) is 25.9. The van der Waals surface area contributed by atoms with E-state index in [1.54, 1.807) is 6.07 Å². The zero-order valence-electron chi connectivity index (χ0n) is 30.5. The Balaban J connectivity index is 1.19. The first-order valence-corrected chi connectivity index (χ1v) is 19.5. The molecule has 0 radical (unpaired) electrons. The second kappa shape index (κ2) is 15.3. The van der Waals surface area contributed by atoms with Gasteiger partial charge in [0.15, 0.2) is 16.9 Å². The zero-order valence-corrected chi connectivity index (χ0v) is 32.1. The van der Waals surface area contributed by atoms with Gasteiger partial charge in [0.2, 0.25) is 0 Å². The van der Waals surface area contributed by atoms with E-state index in [0.717, 1.165) is 53.6 Å². The van der Waals surface area contributed by atoms with Crippen molar-refractivity contribution in [1.29, 1.82) is 0 Å². The predicted molar refractivity (Wildman–Crippen MR) is 197 cm³/mol. The predicted octanol–water partition coefficient (Wildman–Crippen LogP) is -0.606. The summed E-state index contributed by atoms with van der Waals surface area (Å²) in [5.41, 5.74) is 10.2. The highest BCUT2D eigenvalue weighted by atomic mass is 32.3. The molecule has 2 fully saturated rings. The van der Waals surface area contributed by atoms with Crippen LogP contribution in [0.1, 0.15) is 38.4 Å². The maximum Gasteiger partial charge on any atom is 0.418 e. The molecule has 3 atom stereocenters. The van der Waals surface area contributed by atoms with Gasteiger partial charge >= 0.3 is 22.3 Å². The maximum atomic E-state index is 13.5. The van der Waals surface area contributed by atoms with Crippen LogP contribution in [0.4, 0.5) is 11.1 Å². The number of rotatable bonds is 15. The second-order valence-corrected chi connectivity index (χ2v) is 16.1. The number of thiazole rings is 1. The van der Waals surface area contributed by atoms with E-state index in [1.807, 2.05) is 36.1 Å². The summed E-state index contributed by atoms with van der Waals surface area (Å²) in [7, 11) is -3.09. The Labute approximate surface area is 320 Å². The molecule has 0 saturated carbocycles. The van der Waals surface area contributed by atoms with Crippen molar-refractivity contribution >= 4 is 56.3 Å². The Morgan fingerprint density at radius 3 is 2.64 bits per heavy atom. The number of ether oxygens (including phenoxy) is 1. The first-order valence-electron chi connectivity index (χ1n) is 17.3. The molecule has 2 aromatic heterocycles. The van der Waals surface area contributed by atoms with Crippen molar-refractivity contribution in [1.82, 2.24) is 25.7 Å². The number of nitrogens with one attached hydrogen (secondary N) is 2. The number of aromatic nitrogens is 3. The standard InChI is InChI=1S/C33H42N10O10S2/c1-32(2)26(28(45)43(32)53-55(48,49)50)39-27(44)25(22-17-54-30(35)38-22)40-52-33(3,29(46)47)24-8-6-20-11-19(5-7-23(20)51-24)21-14-37-31(41(4)16-21)42(10-9-34)15-18-12-36-13-18/h5,7,11,14,16-18,24,26,36H,6,8-10,12-13,15,34H2,1-4H3,(H4-,35,38,39,44,46,47,48,49,50)/p+1/b40-25-/t24-,26-,33+/m1/s1. The molecule has 3 aliphatic rings. The number of nitrogens with zero attached hydrogens (tertiary/aromatic N) is 6. The minimum absolute atomic E-state index is 0.0617. The van der Waals surface area contributed by atoms with Gasteiger partial charge < -0.3 is 36.8 Å². The number of benzene rings is 1. The van der Waals surface area contributed by atoms with E-state index in [2.05, 4.69) is 30.0 Å². The quantitative estimate of drug-likeness (QED) is 0.0368. The van der Waals surface area contributed by atoms with Crippen LogP contribution < -0.4 is 36.3 Å². The molecular formula is C33H43N10O10S2+. The summed E-state index contributed by atoms with van der Waals surface area (Å²) in [6, 6.07) is 4.24. The molecule has 3 aromatic rings. The third kappa shape index (κ3) is 8.18. The lowest BCUT2D eigenvalue weighted by Gasteiger charge is -2.50. The van der Waals surface area contributed by atoms with Crippen LogP contribution >= 0.6 is 11.3 Å². The number of amides is 2. The number of aryl methyl sites for hydroxylation is 2. The Morgan fingerprint density at radius 1 is 1.31 bits per heavy atom. The van der Waals surface area contributed by atoms with E-state index in [4.69, 9.17) is 30.6 Å². The lowest BCUT2D eigenvalue weighted by atomic mass is 9.84. The molecule has 0 bridgehead atoms. The molecule has 2 saturated heterocycles. The molecule has 6 rings (SSSR count). The van der Waals surface area contributed by atoms with E-state index in [0.29, 0.717) is 36.2 Å². The molecule has 5 heterocycles. The number of anilines is 2. The lowest BCUT2D eigenvalue weighted by molar-refractivity contribution is -0.661. The topological polar surface area (TPSA) is 278 Å². The smallest absolute Gasteiger partial charge is 0.418 e. The average Bonchev–Trinajstić information content (AvgIpc) is 3.54. The van der Waals surface area contributed by atoms with Gasteiger partial charge in [-0.25, -0.2) is 14.3 Å². The van der Waals surface area contributed by atoms with Gasteiger partial charge in [-0.3, -0.25) is 19.0 Å². The van der Waals surface area contributed by atoms with Gasteiger partial charge in [0.05, 0.1) is 31.9 Å². The Bertz CT molecular complexity index is 2130. The van der Waals surface area contributed by atoms with Crippen molar-refractivity contribution in [2.45, 2.75) is 56.9 Å². The van der Waals surface area contributed by atoms with E-state index in [1.165, 1.54) is 26.2 Å². The Kier molecular flexibility index (Phi) is 11.0. The highest BCUT2D eigenvalue weighted by Crippen LogP contribution is 2.37. The van der Waals surface area contributed by atoms with E-state index in [9.17, 15) is 27.9 Å². The van der Waals surface area contributed by atoms with Crippen molar-refractivity contribution in [3.05, 3.63) is 47.2 Å². The number of nitrogen functional groups attached to an aromatic ring is 1. The molecule has 0 aliphatic carbocycles. The number of nitrogens with two attached hydrogens (primary N) is 2. The van der Waals surface area contributed by atoms with Gasteiger partial charge in [-0.15, -0.1) is 15.6 Å². The molecule has 3 aliphatic heterocycles. The van der Waals surface area contributed by atoms with Crippen molar-refractivity contribution < 1.29 is 50.9 Å². The highest BCUT2D eigenvalue weighted by molar-refractivity contribution is 7.80. The summed E-state index contributed by atoms with van der Waals surface area (Å²) < 4.78 is 44.0. The third-order valence-corrected chi connectivity index (χ3v) is 10.8. The number of fused-ring (bicyclic) bond motifs is 1. The van der Waals surface area contributed by atoms with Crippen LogP contribution in [-0.4, -0.2) is 113 Å². The molecule has 20 nitrogen and oxygen atoms in total. The lowest BCUT2D eigenvalue weighted by Crippen LogP contribution is -2.76. The van der Waals surface area contributed by atoms with Gasteiger partial charge in [-0.1, -0.05) is 16.2 Å². The van der Waals surface area contributed by atoms with Gasteiger partial charge in [-0.05, 0) is 56.9 Å². The first kappa shape index (κ1) is 39.7. The fourth-order valence-corrected chi connectivity index (χ4v) is 7.54. The van der Waals surface area contributed by atoms with Crippen molar-refractivity contribution in [3.8, 4) is 16.9 Å². The third-order valence-electron chi connectivity index (χ3n) is 9.80. The fraction of sp³-hybridized carbons (Fsp3) is 0.485. The summed E-state index contributed by atoms with van der Waals surface area (Å²) in [5.74, 6) is -1.63. The fourth-order valence-electron chi connectivity index (χ4n) is 6.54. The number of oxime groups is 1. The van der Waals surface area contributed by atoms with Crippen LogP contribution in [0.3, 0.4) is 0 Å². The molecular weight excluding hydrogens is 761 g/mol. The number of aliphatic carboxylic acids is 1. The summed E-state index contributed by atoms with van der Waals surface area (Å²) in [6.45, 7) is 8.00. The molecule has 0 spiro atoms. The number of hydrogen-bond acceptors (Lipinski definition) is 16. The van der Waals surface area contributed by atoms with E-state index >= 15 is 0 Å². The summed E-state index contributed by atoms with van der Waals surface area (Å²) in [4.78, 5) is 55.7. The summed E-state index contributed by atoms with van der Waals surface area (Å²) >= 11 is 0.970. The van der Waals surface area contributed by atoms with Crippen LogP contribution in [0.15, 0.2) is 41.1 Å². The van der Waals surface area contributed by atoms with Crippen LogP contribution in [0, 0.1) is 5.92 Å². The van der Waals surface area contributed by atoms with Crippen molar-refractivity contribution in [3.63, 3.8) is 0 Å². The molecule has 1 aromatic carbocycles. The molecule has 8 N–H and O–H groups in total. The molecule has 296 valence electrons. The average molecular weight is 804 g/mol. The van der Waals surface area contributed by atoms with Crippen molar-refractivity contribution in [2.24, 2.45) is 23.9 Å². The maximum absolute atomic E-state index is 13.5. The minimum atomic E-state index is -5.04. The van der Waals surface area contributed by atoms with Gasteiger partial charge in [0.25, 0.3) is 17.4 Å². The van der Waals surface area contributed by atoms with Crippen LogP contribution in [0.25, 0.3) is 11.1 Å². The number of β-lactam (4-membered cyclic amide) rings is 1. The Morgan fingerprint density at radius 2 is 2.05 bits per heavy atom. The number of carbonyl (C=O) groups is 3. The number of hydrogen-bond donors (Lipinski definition) is 6. The number of carboxylic acids is 1. The van der Waals surface area contributed by atoms with Crippen LogP contribution in [-0.2, 0) is 47.4 Å². The van der Waals surface area contributed by atoms with E-state index in [-0.39, 0.29) is 17.2 Å². The summed E-state index contributed by atoms with van der Waals surface area (Å²) in [5, 5.41) is 21.9. The second-order valence-electron chi connectivity index (χ2n) is 14.2. The van der Waals surface area contributed by atoms with Gasteiger partial charge in [-0.2, -0.15) is 13.5 Å². The number of carbonyl (C=O) groups excluding carboxylic acids is 2. The normalized spacial score (nSPS) is 20.7. The molecule has 0 unspecified atom stereocenters.